The smallest absolute Gasteiger partial charge is 0.307 e. The average Bonchev–Trinajstić information content (AvgIpc) is 3.09. The highest BCUT2D eigenvalue weighted by molar-refractivity contribution is 7.10. The van der Waals surface area contributed by atoms with Crippen LogP contribution in [0.5, 0.6) is 0 Å². The molecule has 112 valence electrons. The topological polar surface area (TPSA) is 68.3 Å². The van der Waals surface area contributed by atoms with E-state index in [1.165, 1.54) is 29.8 Å². The molecular formula is C14H16N2O3S2. The Hall–Kier alpha value is -1.73. The lowest BCUT2D eigenvalue weighted by molar-refractivity contribution is -0.141. The van der Waals surface area contributed by atoms with Crippen LogP contribution in [-0.4, -0.2) is 24.0 Å². The minimum absolute atomic E-state index is 0.124. The first-order valence-corrected chi connectivity index (χ1v) is 8.15. The van der Waals surface area contributed by atoms with Gasteiger partial charge in [-0.2, -0.15) is 0 Å². The Morgan fingerprint density at radius 3 is 2.81 bits per heavy atom. The van der Waals surface area contributed by atoms with Gasteiger partial charge in [0.2, 0.25) is 5.91 Å². The van der Waals surface area contributed by atoms with E-state index in [9.17, 15) is 9.59 Å². The molecule has 5 nitrogen and oxygen atoms in total. The van der Waals surface area contributed by atoms with E-state index in [0.29, 0.717) is 0 Å². The van der Waals surface area contributed by atoms with Gasteiger partial charge in [0.15, 0.2) is 0 Å². The molecule has 21 heavy (non-hydrogen) atoms. The molecule has 0 fully saturated rings. The average molecular weight is 324 g/mol. The van der Waals surface area contributed by atoms with Gasteiger partial charge in [-0.25, -0.2) is 4.98 Å². The molecule has 2 heterocycles. The lowest BCUT2D eigenvalue weighted by Crippen LogP contribution is -2.31. The second-order valence-electron chi connectivity index (χ2n) is 4.45. The molecule has 2 rings (SSSR count). The van der Waals surface area contributed by atoms with Crippen molar-refractivity contribution in [3.63, 3.8) is 0 Å². The van der Waals surface area contributed by atoms with E-state index in [-0.39, 0.29) is 30.8 Å². The summed E-state index contributed by atoms with van der Waals surface area (Å²) in [7, 11) is 1.34. The lowest BCUT2D eigenvalue weighted by Gasteiger charge is -2.16. The predicted octanol–water partition coefficient (Wildman–Crippen LogP) is 2.48. The first-order valence-electron chi connectivity index (χ1n) is 6.39. The maximum atomic E-state index is 12.1. The number of ether oxygens (including phenoxy) is 1. The third-order valence-corrected chi connectivity index (χ3v) is 4.64. The van der Waals surface area contributed by atoms with Crippen molar-refractivity contribution in [2.24, 2.45) is 0 Å². The molecule has 0 aliphatic carbocycles. The standard InChI is InChI=1S/C14H16N2O3S2/c1-9-15-10(8-21-9)6-13(17)16-11(7-14(18)19-2)12-4-3-5-20-12/h3-5,8,11H,6-7H2,1-2H3,(H,16,17). The number of aromatic nitrogens is 1. The highest BCUT2D eigenvalue weighted by atomic mass is 32.1. The Kier molecular flexibility index (Phi) is 5.46. The third kappa shape index (κ3) is 4.64. The number of methoxy groups -OCH3 is 1. The first kappa shape index (κ1) is 15.7. The van der Waals surface area contributed by atoms with Crippen molar-refractivity contribution in [2.75, 3.05) is 7.11 Å². The second kappa shape index (κ2) is 7.33. The third-order valence-electron chi connectivity index (χ3n) is 2.83. The molecule has 1 unspecified atom stereocenters. The highest BCUT2D eigenvalue weighted by Gasteiger charge is 2.20. The summed E-state index contributed by atoms with van der Waals surface area (Å²) in [4.78, 5) is 28.8. The Balaban J connectivity index is 2.00. The van der Waals surface area contributed by atoms with Gasteiger partial charge in [-0.3, -0.25) is 9.59 Å². The summed E-state index contributed by atoms with van der Waals surface area (Å²) in [5, 5.41) is 7.59. The molecule has 2 aromatic rings. The Bertz CT molecular complexity index is 608. The fourth-order valence-electron chi connectivity index (χ4n) is 1.86. The van der Waals surface area contributed by atoms with Gasteiger partial charge >= 0.3 is 5.97 Å². The molecule has 7 heteroatoms. The molecule has 1 amide bonds. The SMILES string of the molecule is COC(=O)CC(NC(=O)Cc1csc(C)n1)c1cccs1. The van der Waals surface area contributed by atoms with Crippen LogP contribution in [0.2, 0.25) is 0 Å². The minimum Gasteiger partial charge on any atom is -0.469 e. The zero-order valence-electron chi connectivity index (χ0n) is 11.8. The van der Waals surface area contributed by atoms with Crippen LogP contribution >= 0.6 is 22.7 Å². The Morgan fingerprint density at radius 1 is 1.43 bits per heavy atom. The van der Waals surface area contributed by atoms with E-state index in [0.717, 1.165) is 15.6 Å². The van der Waals surface area contributed by atoms with E-state index in [2.05, 4.69) is 15.0 Å². The Labute approximate surface area is 131 Å². The van der Waals surface area contributed by atoms with Crippen molar-refractivity contribution in [2.45, 2.75) is 25.8 Å². The van der Waals surface area contributed by atoms with Gasteiger partial charge in [0, 0.05) is 10.3 Å². The number of carbonyl (C=O) groups is 2. The van der Waals surface area contributed by atoms with Crippen LogP contribution < -0.4 is 5.32 Å². The summed E-state index contributed by atoms with van der Waals surface area (Å²) in [5.41, 5.74) is 0.748. The summed E-state index contributed by atoms with van der Waals surface area (Å²) in [6.45, 7) is 1.90. The normalized spacial score (nSPS) is 11.9. The van der Waals surface area contributed by atoms with Gasteiger partial charge in [0.1, 0.15) is 0 Å². The molecule has 1 N–H and O–H groups in total. The van der Waals surface area contributed by atoms with Gasteiger partial charge in [0.25, 0.3) is 0 Å². The number of hydrogen-bond donors (Lipinski definition) is 1. The summed E-state index contributed by atoms with van der Waals surface area (Å²) in [6.07, 6.45) is 0.340. The molecule has 0 aromatic carbocycles. The van der Waals surface area contributed by atoms with Gasteiger partial charge < -0.3 is 10.1 Å². The van der Waals surface area contributed by atoms with Crippen LogP contribution in [0.1, 0.15) is 28.0 Å². The molecule has 0 saturated heterocycles. The number of aryl methyl sites for hydroxylation is 1. The van der Waals surface area contributed by atoms with Crippen molar-refractivity contribution < 1.29 is 14.3 Å². The molecule has 0 bridgehead atoms. The molecule has 0 spiro atoms. The van der Waals surface area contributed by atoms with Crippen molar-refractivity contribution in [1.29, 1.82) is 0 Å². The first-order chi connectivity index (χ1) is 10.1. The summed E-state index contributed by atoms with van der Waals surface area (Å²) < 4.78 is 4.69. The fraction of sp³-hybridized carbons (Fsp3) is 0.357. The number of nitrogens with zero attached hydrogens (tertiary/aromatic N) is 1. The number of thiophene rings is 1. The fourth-order valence-corrected chi connectivity index (χ4v) is 3.25. The van der Waals surface area contributed by atoms with E-state index < -0.39 is 0 Å². The van der Waals surface area contributed by atoms with E-state index >= 15 is 0 Å². The number of nitrogens with one attached hydrogen (secondary N) is 1. The van der Waals surface area contributed by atoms with E-state index in [1.54, 1.807) is 0 Å². The van der Waals surface area contributed by atoms with E-state index in [1.807, 2.05) is 29.8 Å². The maximum absolute atomic E-state index is 12.1. The monoisotopic (exact) mass is 324 g/mol. The molecular weight excluding hydrogens is 308 g/mol. The number of carbonyl (C=O) groups excluding carboxylic acids is 2. The summed E-state index contributed by atoms with van der Waals surface area (Å²) >= 11 is 3.01. The number of amides is 1. The quantitative estimate of drug-likeness (QED) is 0.829. The number of hydrogen-bond acceptors (Lipinski definition) is 6. The largest absolute Gasteiger partial charge is 0.469 e. The van der Waals surface area contributed by atoms with Crippen LogP contribution in [0, 0.1) is 6.92 Å². The minimum atomic E-state index is -0.357. The Morgan fingerprint density at radius 2 is 2.24 bits per heavy atom. The molecule has 2 aromatic heterocycles. The lowest BCUT2D eigenvalue weighted by atomic mass is 10.1. The maximum Gasteiger partial charge on any atom is 0.307 e. The zero-order valence-corrected chi connectivity index (χ0v) is 13.4. The van der Waals surface area contributed by atoms with Crippen molar-refractivity contribution >= 4 is 34.6 Å². The second-order valence-corrected chi connectivity index (χ2v) is 6.49. The summed E-state index contributed by atoms with van der Waals surface area (Å²) in [5.74, 6) is -0.499. The van der Waals surface area contributed by atoms with E-state index in [4.69, 9.17) is 0 Å². The molecule has 1 atom stereocenters. The van der Waals surface area contributed by atoms with Crippen molar-refractivity contribution in [3.05, 3.63) is 38.5 Å². The van der Waals surface area contributed by atoms with Gasteiger partial charge in [0.05, 0.1) is 36.7 Å². The number of rotatable bonds is 6. The molecule has 0 aliphatic rings. The van der Waals surface area contributed by atoms with Crippen LogP contribution in [0.15, 0.2) is 22.9 Å². The predicted molar refractivity (Wildman–Crippen MR) is 82.4 cm³/mol. The van der Waals surface area contributed by atoms with Crippen molar-refractivity contribution in [3.8, 4) is 0 Å². The zero-order chi connectivity index (χ0) is 15.2. The highest BCUT2D eigenvalue weighted by Crippen LogP contribution is 2.22. The van der Waals surface area contributed by atoms with Crippen LogP contribution in [0.25, 0.3) is 0 Å². The van der Waals surface area contributed by atoms with Gasteiger partial charge in [-0.15, -0.1) is 22.7 Å². The number of esters is 1. The van der Waals surface area contributed by atoms with Crippen molar-refractivity contribution in [1.82, 2.24) is 10.3 Å². The molecule has 0 radical (unpaired) electrons. The molecule has 0 saturated carbocycles. The molecule has 0 aliphatic heterocycles. The van der Waals surface area contributed by atoms with Crippen LogP contribution in [0.3, 0.4) is 0 Å². The van der Waals surface area contributed by atoms with Gasteiger partial charge in [-0.1, -0.05) is 6.07 Å². The summed E-state index contributed by atoms with van der Waals surface area (Å²) in [6, 6.07) is 3.43. The van der Waals surface area contributed by atoms with Gasteiger partial charge in [-0.05, 0) is 18.4 Å². The van der Waals surface area contributed by atoms with Crippen LogP contribution in [-0.2, 0) is 20.7 Å². The van der Waals surface area contributed by atoms with Crippen LogP contribution in [0.4, 0.5) is 0 Å². The number of thiazole rings is 1.